The number of nitriles is 1. The Morgan fingerprint density at radius 2 is 1.84 bits per heavy atom. The van der Waals surface area contributed by atoms with E-state index in [-0.39, 0.29) is 0 Å². The predicted molar refractivity (Wildman–Crippen MR) is 77.4 cm³/mol. The monoisotopic (exact) mass is 288 g/mol. The standard InChI is InChI=1S/C13H27N3O2P/c1-12(2)16(13(3)4,18-9-5-6-14)19-15-7-10-17-11-8-15/h12-13,19H,5,7-11H2,1-4H3/q+1. The number of hydrogen-bond donors (Lipinski definition) is 0. The largest absolute Gasteiger partial charge is 0.379 e. The Kier molecular flexibility index (Phi) is 7.20. The van der Waals surface area contributed by atoms with Gasteiger partial charge in [-0.2, -0.15) is 14.5 Å². The van der Waals surface area contributed by atoms with Crippen LogP contribution in [0.25, 0.3) is 0 Å². The highest BCUT2D eigenvalue weighted by atomic mass is 31.1. The molecule has 1 fully saturated rings. The molecule has 1 heterocycles. The van der Waals surface area contributed by atoms with E-state index in [1.807, 2.05) is 0 Å². The van der Waals surface area contributed by atoms with Gasteiger partial charge in [0.05, 0.1) is 25.7 Å². The number of rotatable bonds is 7. The number of quaternary nitrogens is 1. The molecule has 0 aromatic rings. The van der Waals surface area contributed by atoms with Gasteiger partial charge in [-0.05, 0) is 27.7 Å². The molecule has 110 valence electrons. The van der Waals surface area contributed by atoms with E-state index >= 15 is 0 Å². The first-order chi connectivity index (χ1) is 9.03. The van der Waals surface area contributed by atoms with E-state index in [0.29, 0.717) is 38.4 Å². The molecule has 0 aliphatic carbocycles. The molecule has 1 aliphatic heterocycles. The molecule has 1 saturated heterocycles. The lowest BCUT2D eigenvalue weighted by Crippen LogP contribution is -2.53. The Morgan fingerprint density at radius 3 is 2.32 bits per heavy atom. The van der Waals surface area contributed by atoms with Crippen molar-refractivity contribution in [3.8, 4) is 6.07 Å². The summed E-state index contributed by atoms with van der Waals surface area (Å²) in [5.41, 5.74) is 0. The molecule has 0 bridgehead atoms. The van der Waals surface area contributed by atoms with Crippen LogP contribution in [0.1, 0.15) is 34.1 Å². The summed E-state index contributed by atoms with van der Waals surface area (Å²) >= 11 is 0. The van der Waals surface area contributed by atoms with E-state index in [9.17, 15) is 0 Å². The number of hydrogen-bond acceptors (Lipinski definition) is 4. The molecule has 0 spiro atoms. The van der Waals surface area contributed by atoms with Gasteiger partial charge in [0.1, 0.15) is 18.7 Å². The van der Waals surface area contributed by atoms with E-state index < -0.39 is 0 Å². The number of ether oxygens (including phenoxy) is 1. The normalized spacial score (nSPS) is 18.6. The van der Waals surface area contributed by atoms with Crippen molar-refractivity contribution in [2.24, 2.45) is 0 Å². The van der Waals surface area contributed by atoms with Gasteiger partial charge in [0, 0.05) is 13.1 Å². The first kappa shape index (κ1) is 16.8. The molecule has 0 aromatic heterocycles. The second-order valence-electron chi connectivity index (χ2n) is 5.34. The summed E-state index contributed by atoms with van der Waals surface area (Å²) in [6, 6.07) is 2.91. The zero-order valence-corrected chi connectivity index (χ0v) is 13.6. The van der Waals surface area contributed by atoms with E-state index in [2.05, 4.69) is 38.4 Å². The topological polar surface area (TPSA) is 45.5 Å². The number of nitrogens with zero attached hydrogens (tertiary/aromatic N) is 3. The van der Waals surface area contributed by atoms with Gasteiger partial charge in [0.15, 0.2) is 0 Å². The lowest BCUT2D eigenvalue weighted by Gasteiger charge is -2.44. The van der Waals surface area contributed by atoms with Crippen LogP contribution in [0.4, 0.5) is 0 Å². The maximum absolute atomic E-state index is 8.70. The first-order valence-electron chi connectivity index (χ1n) is 7.03. The summed E-state index contributed by atoms with van der Waals surface area (Å²) in [4.78, 5) is 6.14. The molecule has 6 heteroatoms. The van der Waals surface area contributed by atoms with Crippen LogP contribution in [-0.4, -0.2) is 54.1 Å². The van der Waals surface area contributed by atoms with Gasteiger partial charge in [-0.25, -0.2) is 4.67 Å². The molecule has 19 heavy (non-hydrogen) atoms. The van der Waals surface area contributed by atoms with Crippen molar-refractivity contribution in [3.63, 3.8) is 0 Å². The van der Waals surface area contributed by atoms with Crippen LogP contribution in [-0.2, 0) is 9.57 Å². The fraction of sp³-hybridized carbons (Fsp3) is 0.923. The molecular weight excluding hydrogens is 261 g/mol. The van der Waals surface area contributed by atoms with Crippen molar-refractivity contribution in [1.82, 2.24) is 4.67 Å². The van der Waals surface area contributed by atoms with E-state index in [0.717, 1.165) is 26.3 Å². The van der Waals surface area contributed by atoms with Gasteiger partial charge in [-0.3, -0.25) is 0 Å². The third-order valence-electron chi connectivity index (χ3n) is 3.36. The maximum atomic E-state index is 8.70. The molecule has 1 rings (SSSR count). The average Bonchev–Trinajstić information content (AvgIpc) is 2.38. The van der Waals surface area contributed by atoms with Crippen LogP contribution >= 0.6 is 8.88 Å². The molecule has 0 N–H and O–H groups in total. The third-order valence-corrected chi connectivity index (χ3v) is 5.57. The van der Waals surface area contributed by atoms with Crippen molar-refractivity contribution in [1.29, 1.82) is 5.26 Å². The van der Waals surface area contributed by atoms with Gasteiger partial charge in [-0.1, -0.05) is 0 Å². The van der Waals surface area contributed by atoms with Crippen molar-refractivity contribution in [2.45, 2.75) is 46.2 Å². The molecule has 5 nitrogen and oxygen atoms in total. The SMILES string of the molecule is CC(C)[N+](OCCC#N)(PN1CCOCC1)C(C)C. The van der Waals surface area contributed by atoms with Crippen LogP contribution in [0, 0.1) is 11.3 Å². The lowest BCUT2D eigenvalue weighted by molar-refractivity contribution is -1.04. The van der Waals surface area contributed by atoms with Crippen LogP contribution < -0.4 is 0 Å². The predicted octanol–water partition coefficient (Wildman–Crippen LogP) is 2.31. The molecule has 0 radical (unpaired) electrons. The highest BCUT2D eigenvalue weighted by Crippen LogP contribution is 2.40. The van der Waals surface area contributed by atoms with Crippen LogP contribution in [0.15, 0.2) is 0 Å². The molecule has 0 amide bonds. The summed E-state index contributed by atoms with van der Waals surface area (Å²) < 4.78 is 8.44. The van der Waals surface area contributed by atoms with Crippen LogP contribution in [0.2, 0.25) is 0 Å². The second kappa shape index (κ2) is 8.14. The quantitative estimate of drug-likeness (QED) is 0.410. The smallest absolute Gasteiger partial charge is 0.205 e. The van der Waals surface area contributed by atoms with E-state index in [1.165, 1.54) is 0 Å². The van der Waals surface area contributed by atoms with Crippen LogP contribution in [0.3, 0.4) is 0 Å². The van der Waals surface area contributed by atoms with Crippen molar-refractivity contribution in [3.05, 3.63) is 0 Å². The summed E-state index contributed by atoms with van der Waals surface area (Å²) in [5, 5.41) is 8.70. The minimum atomic E-state index is 0.375. The fourth-order valence-corrected chi connectivity index (χ4v) is 3.72. The minimum absolute atomic E-state index is 0.375. The summed E-state index contributed by atoms with van der Waals surface area (Å²) in [6.07, 6.45) is 0.451. The molecule has 1 atom stereocenters. The fourth-order valence-electron chi connectivity index (χ4n) is 2.28. The second-order valence-corrected chi connectivity index (χ2v) is 6.87. The van der Waals surface area contributed by atoms with Gasteiger partial charge in [0.25, 0.3) is 0 Å². The minimum Gasteiger partial charge on any atom is -0.379 e. The van der Waals surface area contributed by atoms with Crippen molar-refractivity contribution >= 4 is 8.88 Å². The summed E-state index contributed by atoms with van der Waals surface area (Å²) in [6.45, 7) is 12.8. The van der Waals surface area contributed by atoms with Crippen LogP contribution in [0.5, 0.6) is 0 Å². The first-order valence-corrected chi connectivity index (χ1v) is 7.93. The highest BCUT2D eigenvalue weighted by molar-refractivity contribution is 7.28. The Morgan fingerprint density at radius 1 is 1.26 bits per heavy atom. The Bertz CT molecular complexity index is 291. The zero-order chi connectivity index (χ0) is 14.3. The Hall–Kier alpha value is -0.240. The van der Waals surface area contributed by atoms with Crippen molar-refractivity contribution in [2.75, 3.05) is 32.9 Å². The van der Waals surface area contributed by atoms with Gasteiger partial charge >= 0.3 is 0 Å². The van der Waals surface area contributed by atoms with Gasteiger partial charge in [-0.15, -0.1) is 0 Å². The zero-order valence-electron chi connectivity index (χ0n) is 12.6. The van der Waals surface area contributed by atoms with E-state index in [4.69, 9.17) is 14.8 Å². The summed E-state index contributed by atoms with van der Waals surface area (Å²) in [7, 11) is 0.574. The molecule has 0 saturated carbocycles. The van der Waals surface area contributed by atoms with E-state index in [1.54, 1.807) is 0 Å². The third kappa shape index (κ3) is 4.66. The maximum Gasteiger partial charge on any atom is 0.205 e. The molecule has 0 aromatic carbocycles. The summed E-state index contributed by atoms with van der Waals surface area (Å²) in [5.74, 6) is 0. The molecular formula is C13H27N3O2P+. The average molecular weight is 288 g/mol. The van der Waals surface area contributed by atoms with Gasteiger partial charge in [0.2, 0.25) is 8.88 Å². The number of morpholine rings is 1. The molecule has 1 aliphatic rings. The Balaban J connectivity index is 2.73. The number of hydroxylamine groups is 2. The Labute approximate surface area is 118 Å². The highest BCUT2D eigenvalue weighted by Gasteiger charge is 2.40. The lowest BCUT2D eigenvalue weighted by atomic mass is 10.3. The van der Waals surface area contributed by atoms with Crippen molar-refractivity contribution < 1.29 is 14.0 Å². The van der Waals surface area contributed by atoms with Gasteiger partial charge < -0.3 is 4.74 Å². The molecule has 1 unspecified atom stereocenters.